The number of hydrogen-bond donors (Lipinski definition) is 3. The molecule has 4 rings (SSSR count). The van der Waals surface area contributed by atoms with Crippen LogP contribution in [0.5, 0.6) is 5.75 Å². The summed E-state index contributed by atoms with van der Waals surface area (Å²) in [5.41, 5.74) is 1.95. The van der Waals surface area contributed by atoms with E-state index in [1.165, 1.54) is 17.4 Å². The molecule has 0 bridgehead atoms. The normalized spacial score (nSPS) is 11.1. The molecule has 0 fully saturated rings. The highest BCUT2D eigenvalue weighted by molar-refractivity contribution is 8.00. The molecule has 0 aliphatic carbocycles. The first kappa shape index (κ1) is 19.2. The van der Waals surface area contributed by atoms with Gasteiger partial charge < -0.3 is 10.2 Å². The van der Waals surface area contributed by atoms with Gasteiger partial charge in [-0.05, 0) is 36.1 Å². The fraction of sp³-hybridized carbons (Fsp3) is 0.0952. The van der Waals surface area contributed by atoms with Crippen molar-refractivity contribution in [2.24, 2.45) is 0 Å². The fourth-order valence-corrected chi connectivity index (χ4v) is 4.67. The lowest BCUT2D eigenvalue weighted by Crippen LogP contribution is -2.12. The van der Waals surface area contributed by atoms with Crippen molar-refractivity contribution in [1.29, 1.82) is 0 Å². The molecular weight excluding hydrogens is 408 g/mol. The van der Waals surface area contributed by atoms with E-state index in [4.69, 9.17) is 5.11 Å². The van der Waals surface area contributed by atoms with Gasteiger partial charge in [-0.15, -0.1) is 11.8 Å². The Morgan fingerprint density at radius 1 is 1.14 bits per heavy atom. The molecule has 29 heavy (non-hydrogen) atoms. The number of thioether (sulfide) groups is 1. The summed E-state index contributed by atoms with van der Waals surface area (Å²) in [6, 6.07) is 14.4. The van der Waals surface area contributed by atoms with Gasteiger partial charge in [0, 0.05) is 10.3 Å². The summed E-state index contributed by atoms with van der Waals surface area (Å²) in [6.45, 7) is 1.97. The zero-order valence-corrected chi connectivity index (χ0v) is 16.9. The van der Waals surface area contributed by atoms with Crippen molar-refractivity contribution in [3.63, 3.8) is 0 Å². The first-order chi connectivity index (χ1) is 13.9. The van der Waals surface area contributed by atoms with E-state index in [9.17, 15) is 14.7 Å². The number of phenols is 1. The number of aromatic hydroxyl groups is 1. The van der Waals surface area contributed by atoms with Gasteiger partial charge in [-0.2, -0.15) is 0 Å². The van der Waals surface area contributed by atoms with E-state index >= 15 is 0 Å². The van der Waals surface area contributed by atoms with Crippen LogP contribution in [0.25, 0.3) is 21.0 Å². The number of benzene rings is 3. The quantitative estimate of drug-likeness (QED) is 0.394. The Balaban J connectivity index is 1.72. The van der Waals surface area contributed by atoms with Gasteiger partial charge in [-0.1, -0.05) is 41.7 Å². The number of fused-ring (bicyclic) bond motifs is 2. The second-order valence-corrected chi connectivity index (χ2v) is 8.49. The van der Waals surface area contributed by atoms with Gasteiger partial charge in [-0.3, -0.25) is 14.9 Å². The Morgan fingerprint density at radius 3 is 2.66 bits per heavy atom. The van der Waals surface area contributed by atoms with Gasteiger partial charge in [-0.25, -0.2) is 4.98 Å². The van der Waals surface area contributed by atoms with Crippen LogP contribution in [0, 0.1) is 6.92 Å². The number of thiazole rings is 1. The number of phenolic OH excluding ortho intramolecular Hbond substituents is 1. The molecule has 0 unspecified atom stereocenters. The minimum absolute atomic E-state index is 0.0759. The maximum absolute atomic E-state index is 12.9. The fourth-order valence-electron chi connectivity index (χ4n) is 3.01. The molecule has 0 spiro atoms. The van der Waals surface area contributed by atoms with Crippen molar-refractivity contribution in [2.45, 2.75) is 11.8 Å². The van der Waals surface area contributed by atoms with Crippen molar-refractivity contribution in [3.8, 4) is 5.75 Å². The van der Waals surface area contributed by atoms with Crippen molar-refractivity contribution < 1.29 is 19.8 Å². The Kier molecular flexibility index (Phi) is 5.12. The third-order valence-corrected chi connectivity index (χ3v) is 6.33. The lowest BCUT2D eigenvalue weighted by atomic mass is 10.0. The number of aliphatic carboxylic acids is 1. The number of carbonyl (C=O) groups excluding carboxylic acids is 1. The lowest BCUT2D eigenvalue weighted by Gasteiger charge is -2.12. The van der Waals surface area contributed by atoms with E-state index in [-0.39, 0.29) is 17.1 Å². The Morgan fingerprint density at radius 2 is 1.90 bits per heavy atom. The van der Waals surface area contributed by atoms with E-state index < -0.39 is 11.9 Å². The minimum Gasteiger partial charge on any atom is -0.506 e. The van der Waals surface area contributed by atoms with Crippen LogP contribution in [-0.4, -0.2) is 32.8 Å². The SMILES string of the molecule is Cc1ccc2sc(NC(=O)c3cc(SCC(=O)O)c4ccccc4c3O)nc2c1. The van der Waals surface area contributed by atoms with Crippen molar-refractivity contribution in [1.82, 2.24) is 4.98 Å². The second kappa shape index (κ2) is 7.73. The number of rotatable bonds is 5. The van der Waals surface area contributed by atoms with Crippen molar-refractivity contribution >= 4 is 61.1 Å². The zero-order chi connectivity index (χ0) is 20.5. The van der Waals surface area contributed by atoms with Gasteiger partial charge in [0.1, 0.15) is 5.75 Å². The summed E-state index contributed by atoms with van der Waals surface area (Å²) in [6.07, 6.45) is 0. The van der Waals surface area contributed by atoms with Crippen LogP contribution in [0.3, 0.4) is 0 Å². The molecule has 6 nitrogen and oxygen atoms in total. The summed E-state index contributed by atoms with van der Waals surface area (Å²) in [5, 5.41) is 24.1. The number of nitrogens with one attached hydrogen (secondary N) is 1. The third kappa shape index (κ3) is 3.90. The maximum atomic E-state index is 12.9. The molecule has 0 saturated carbocycles. The number of aromatic nitrogens is 1. The molecule has 0 radical (unpaired) electrons. The first-order valence-electron chi connectivity index (χ1n) is 8.70. The monoisotopic (exact) mass is 424 g/mol. The predicted molar refractivity (Wildman–Crippen MR) is 116 cm³/mol. The number of anilines is 1. The molecular formula is C21H16N2O4S2. The summed E-state index contributed by atoms with van der Waals surface area (Å²) in [7, 11) is 0. The predicted octanol–water partition coefficient (Wildman–Crippen LogP) is 4.89. The van der Waals surface area contributed by atoms with Crippen LogP contribution in [0.4, 0.5) is 5.13 Å². The van der Waals surface area contributed by atoms with Crippen molar-refractivity contribution in [3.05, 3.63) is 59.7 Å². The minimum atomic E-state index is -0.956. The Bertz CT molecular complexity index is 1270. The molecule has 4 aromatic rings. The summed E-state index contributed by atoms with van der Waals surface area (Å²) >= 11 is 2.46. The molecule has 0 atom stereocenters. The maximum Gasteiger partial charge on any atom is 0.313 e. The van der Waals surface area contributed by atoms with E-state index in [1.54, 1.807) is 24.3 Å². The lowest BCUT2D eigenvalue weighted by molar-refractivity contribution is -0.133. The van der Waals surface area contributed by atoms with Crippen LogP contribution in [0.15, 0.2) is 53.4 Å². The van der Waals surface area contributed by atoms with E-state index in [0.717, 1.165) is 27.5 Å². The second-order valence-electron chi connectivity index (χ2n) is 6.44. The number of carboxylic acid groups (broad SMARTS) is 1. The third-order valence-electron chi connectivity index (χ3n) is 4.34. The standard InChI is InChI=1S/C21H16N2O4S2/c1-11-6-7-16-15(8-11)22-21(29-16)23-20(27)14-9-17(28-10-18(24)25)12-4-2-3-5-13(12)19(14)26/h2-9,26H,10H2,1H3,(H,24,25)(H,22,23,27). The summed E-state index contributed by atoms with van der Waals surface area (Å²) in [4.78, 5) is 28.9. The number of amides is 1. The number of nitrogens with zero attached hydrogens (tertiary/aromatic N) is 1. The van der Waals surface area contributed by atoms with Crippen LogP contribution in [-0.2, 0) is 4.79 Å². The average Bonchev–Trinajstić information content (AvgIpc) is 3.08. The summed E-state index contributed by atoms with van der Waals surface area (Å²) in [5.74, 6) is -1.74. The number of aryl methyl sites for hydroxylation is 1. The molecule has 8 heteroatoms. The van der Waals surface area contributed by atoms with E-state index in [2.05, 4.69) is 10.3 Å². The van der Waals surface area contributed by atoms with Crippen LogP contribution < -0.4 is 5.32 Å². The zero-order valence-electron chi connectivity index (χ0n) is 15.3. The molecule has 1 heterocycles. The van der Waals surface area contributed by atoms with E-state index in [1.807, 2.05) is 25.1 Å². The van der Waals surface area contributed by atoms with Gasteiger partial charge in [0.25, 0.3) is 5.91 Å². The molecule has 1 aromatic heterocycles. The Hall–Kier alpha value is -3.10. The highest BCUT2D eigenvalue weighted by Gasteiger charge is 2.19. The Labute approximate surface area is 174 Å². The van der Waals surface area contributed by atoms with Crippen LogP contribution >= 0.6 is 23.1 Å². The smallest absolute Gasteiger partial charge is 0.313 e. The average molecular weight is 425 g/mol. The molecule has 3 N–H and O–H groups in total. The van der Waals surface area contributed by atoms with Crippen LogP contribution in [0.2, 0.25) is 0 Å². The number of carbonyl (C=O) groups is 2. The van der Waals surface area contributed by atoms with Crippen LogP contribution in [0.1, 0.15) is 15.9 Å². The number of carboxylic acids is 1. The van der Waals surface area contributed by atoms with Gasteiger partial charge in [0.2, 0.25) is 0 Å². The van der Waals surface area contributed by atoms with Gasteiger partial charge in [0.15, 0.2) is 5.13 Å². The highest BCUT2D eigenvalue weighted by Crippen LogP contribution is 2.37. The molecule has 0 aliphatic heterocycles. The molecule has 0 aliphatic rings. The molecule has 0 saturated heterocycles. The largest absolute Gasteiger partial charge is 0.506 e. The first-order valence-corrected chi connectivity index (χ1v) is 10.5. The molecule has 1 amide bonds. The van der Waals surface area contributed by atoms with Gasteiger partial charge >= 0.3 is 5.97 Å². The van der Waals surface area contributed by atoms with Gasteiger partial charge in [0.05, 0.1) is 21.5 Å². The summed E-state index contributed by atoms with van der Waals surface area (Å²) < 4.78 is 0.950. The molecule has 3 aromatic carbocycles. The number of hydrogen-bond acceptors (Lipinski definition) is 6. The molecule has 146 valence electrons. The van der Waals surface area contributed by atoms with E-state index in [0.29, 0.717) is 20.8 Å². The topological polar surface area (TPSA) is 99.5 Å². The van der Waals surface area contributed by atoms with Crippen molar-refractivity contribution in [2.75, 3.05) is 11.1 Å². The highest BCUT2D eigenvalue weighted by atomic mass is 32.2.